The van der Waals surface area contributed by atoms with E-state index in [2.05, 4.69) is 4.90 Å². The Labute approximate surface area is 181 Å². The maximum absolute atomic E-state index is 12.6. The fourth-order valence-corrected chi connectivity index (χ4v) is 5.22. The van der Waals surface area contributed by atoms with Gasteiger partial charge < -0.3 is 4.74 Å². The van der Waals surface area contributed by atoms with Crippen molar-refractivity contribution in [2.75, 3.05) is 13.2 Å². The van der Waals surface area contributed by atoms with Gasteiger partial charge in [0, 0.05) is 29.8 Å². The largest absolute Gasteiger partial charge is 0.492 e. The molecule has 0 N–H and O–H groups in total. The number of rotatable bonds is 8. The van der Waals surface area contributed by atoms with Crippen molar-refractivity contribution in [1.82, 2.24) is 4.90 Å². The first kappa shape index (κ1) is 21.1. The van der Waals surface area contributed by atoms with Gasteiger partial charge in [-0.1, -0.05) is 68.9 Å². The Morgan fingerprint density at radius 3 is 1.83 bits per heavy atom. The van der Waals surface area contributed by atoms with Crippen LogP contribution in [0, 0.1) is 0 Å². The van der Waals surface area contributed by atoms with Gasteiger partial charge in [0.2, 0.25) is 0 Å². The molecule has 30 heavy (non-hydrogen) atoms. The van der Waals surface area contributed by atoms with E-state index in [0.717, 1.165) is 36.5 Å². The zero-order chi connectivity index (χ0) is 20.6. The van der Waals surface area contributed by atoms with Crippen LogP contribution in [0.3, 0.4) is 0 Å². The normalized spacial score (nSPS) is 18.4. The third-order valence-corrected chi connectivity index (χ3v) is 6.86. The van der Waals surface area contributed by atoms with Gasteiger partial charge in [0.15, 0.2) is 5.78 Å². The molecule has 2 aromatic carbocycles. The van der Waals surface area contributed by atoms with E-state index in [9.17, 15) is 4.79 Å². The number of nitrogens with zero attached hydrogens (tertiary/aromatic N) is 1. The third kappa shape index (κ3) is 5.51. The van der Waals surface area contributed by atoms with Crippen LogP contribution < -0.4 is 4.74 Å². The van der Waals surface area contributed by atoms with Crippen LogP contribution in [0.4, 0.5) is 0 Å². The minimum absolute atomic E-state index is 0.0583. The molecule has 160 valence electrons. The van der Waals surface area contributed by atoms with E-state index >= 15 is 0 Å². The first-order chi connectivity index (χ1) is 14.8. The Balaban J connectivity index is 1.33. The van der Waals surface area contributed by atoms with Gasteiger partial charge in [-0.3, -0.25) is 9.69 Å². The number of benzene rings is 2. The van der Waals surface area contributed by atoms with Gasteiger partial charge in [-0.05, 0) is 49.9 Å². The average Bonchev–Trinajstić information content (AvgIpc) is 2.83. The smallest absolute Gasteiger partial charge is 0.193 e. The van der Waals surface area contributed by atoms with Crippen LogP contribution in [-0.4, -0.2) is 35.9 Å². The van der Waals surface area contributed by atoms with Crippen LogP contribution in [0.5, 0.6) is 5.75 Å². The SMILES string of the molecule is O=C(c1ccccc1)c1ccc(OCCN(C2CCCCC2)C2CCCCC2)cc1. The van der Waals surface area contributed by atoms with Gasteiger partial charge in [0.05, 0.1) is 0 Å². The highest BCUT2D eigenvalue weighted by Gasteiger charge is 2.28. The second kappa shape index (κ2) is 10.8. The maximum Gasteiger partial charge on any atom is 0.193 e. The number of carbonyl (C=O) groups is 1. The summed E-state index contributed by atoms with van der Waals surface area (Å²) in [5.74, 6) is 0.912. The molecule has 0 saturated heterocycles. The van der Waals surface area contributed by atoms with Gasteiger partial charge in [-0.2, -0.15) is 0 Å². The van der Waals surface area contributed by atoms with Gasteiger partial charge in [0.25, 0.3) is 0 Å². The Bertz CT molecular complexity index is 756. The summed E-state index contributed by atoms with van der Waals surface area (Å²) in [6, 6.07) is 18.6. The molecule has 2 aromatic rings. The van der Waals surface area contributed by atoms with Crippen molar-refractivity contribution >= 4 is 5.78 Å². The Kier molecular flexibility index (Phi) is 7.58. The fourth-order valence-electron chi connectivity index (χ4n) is 5.22. The van der Waals surface area contributed by atoms with E-state index in [-0.39, 0.29) is 5.78 Å². The number of hydrogen-bond acceptors (Lipinski definition) is 3. The predicted octanol–water partition coefficient (Wildman–Crippen LogP) is 6.26. The minimum atomic E-state index is 0.0583. The first-order valence-corrected chi connectivity index (χ1v) is 11.9. The topological polar surface area (TPSA) is 29.5 Å². The Morgan fingerprint density at radius 2 is 1.27 bits per heavy atom. The highest BCUT2D eigenvalue weighted by atomic mass is 16.5. The molecule has 0 bridgehead atoms. The third-order valence-electron chi connectivity index (χ3n) is 6.86. The van der Waals surface area contributed by atoms with Gasteiger partial charge >= 0.3 is 0 Å². The average molecular weight is 406 g/mol. The summed E-state index contributed by atoms with van der Waals surface area (Å²) in [5.41, 5.74) is 1.43. The van der Waals surface area contributed by atoms with E-state index < -0.39 is 0 Å². The second-order valence-corrected chi connectivity index (χ2v) is 8.89. The lowest BCUT2D eigenvalue weighted by molar-refractivity contribution is 0.0660. The van der Waals surface area contributed by atoms with Crippen molar-refractivity contribution in [2.24, 2.45) is 0 Å². The van der Waals surface area contributed by atoms with Crippen LogP contribution in [-0.2, 0) is 0 Å². The monoisotopic (exact) mass is 405 g/mol. The van der Waals surface area contributed by atoms with E-state index in [0.29, 0.717) is 5.56 Å². The summed E-state index contributed by atoms with van der Waals surface area (Å²) in [5, 5.41) is 0. The molecule has 0 amide bonds. The van der Waals surface area contributed by atoms with Crippen molar-refractivity contribution in [2.45, 2.75) is 76.3 Å². The number of ketones is 1. The fraction of sp³-hybridized carbons (Fsp3) is 0.519. The van der Waals surface area contributed by atoms with Crippen molar-refractivity contribution in [1.29, 1.82) is 0 Å². The van der Waals surface area contributed by atoms with Crippen LogP contribution in [0.1, 0.15) is 80.1 Å². The Hall–Kier alpha value is -2.13. The summed E-state index contributed by atoms with van der Waals surface area (Å²) in [4.78, 5) is 15.3. The molecule has 0 atom stereocenters. The second-order valence-electron chi connectivity index (χ2n) is 8.89. The molecule has 0 heterocycles. The quantitative estimate of drug-likeness (QED) is 0.485. The summed E-state index contributed by atoms with van der Waals surface area (Å²) in [7, 11) is 0. The predicted molar refractivity (Wildman–Crippen MR) is 122 cm³/mol. The van der Waals surface area contributed by atoms with Crippen molar-refractivity contribution in [3.05, 3.63) is 65.7 Å². The molecule has 0 aliphatic heterocycles. The zero-order valence-corrected chi connectivity index (χ0v) is 18.1. The lowest BCUT2D eigenvalue weighted by atomic mass is 9.88. The molecule has 2 saturated carbocycles. The van der Waals surface area contributed by atoms with Crippen LogP contribution in [0.15, 0.2) is 54.6 Å². The number of ether oxygens (including phenoxy) is 1. The summed E-state index contributed by atoms with van der Waals surface area (Å²) in [6.07, 6.45) is 13.7. The van der Waals surface area contributed by atoms with Gasteiger partial charge in [0.1, 0.15) is 12.4 Å². The lowest BCUT2D eigenvalue weighted by Gasteiger charge is -2.41. The number of hydrogen-bond donors (Lipinski definition) is 0. The van der Waals surface area contributed by atoms with Crippen molar-refractivity contribution < 1.29 is 9.53 Å². The van der Waals surface area contributed by atoms with E-state index in [1.165, 1.54) is 64.2 Å². The molecule has 0 radical (unpaired) electrons. The summed E-state index contributed by atoms with van der Waals surface area (Å²) in [6.45, 7) is 1.74. The van der Waals surface area contributed by atoms with Crippen LogP contribution in [0.25, 0.3) is 0 Å². The summed E-state index contributed by atoms with van der Waals surface area (Å²) < 4.78 is 6.11. The molecule has 2 aliphatic rings. The zero-order valence-electron chi connectivity index (χ0n) is 18.1. The standard InChI is InChI=1S/C27H35NO2/c29-27(22-10-4-1-5-11-22)23-16-18-26(19-17-23)30-21-20-28(24-12-6-2-7-13-24)25-14-8-3-9-15-25/h1,4-5,10-11,16-19,24-25H,2-3,6-9,12-15,20-21H2. The van der Waals surface area contributed by atoms with E-state index in [4.69, 9.17) is 4.74 Å². The van der Waals surface area contributed by atoms with Crippen LogP contribution in [0.2, 0.25) is 0 Å². The highest BCUT2D eigenvalue weighted by molar-refractivity contribution is 6.08. The number of carbonyl (C=O) groups excluding carboxylic acids is 1. The molecule has 4 rings (SSSR count). The molecular formula is C27H35NO2. The van der Waals surface area contributed by atoms with E-state index in [1.807, 2.05) is 54.6 Å². The van der Waals surface area contributed by atoms with Gasteiger partial charge in [-0.15, -0.1) is 0 Å². The molecular weight excluding hydrogens is 370 g/mol. The lowest BCUT2D eigenvalue weighted by Crippen LogP contribution is -2.47. The molecule has 0 aromatic heterocycles. The van der Waals surface area contributed by atoms with Crippen molar-refractivity contribution in [3.63, 3.8) is 0 Å². The highest BCUT2D eigenvalue weighted by Crippen LogP contribution is 2.30. The molecule has 3 heteroatoms. The maximum atomic E-state index is 12.6. The Morgan fingerprint density at radius 1 is 0.733 bits per heavy atom. The molecule has 0 unspecified atom stereocenters. The molecule has 3 nitrogen and oxygen atoms in total. The van der Waals surface area contributed by atoms with E-state index in [1.54, 1.807) is 0 Å². The van der Waals surface area contributed by atoms with Gasteiger partial charge in [-0.25, -0.2) is 0 Å². The molecule has 2 aliphatic carbocycles. The van der Waals surface area contributed by atoms with Crippen molar-refractivity contribution in [3.8, 4) is 5.75 Å². The summed E-state index contributed by atoms with van der Waals surface area (Å²) >= 11 is 0. The molecule has 0 spiro atoms. The minimum Gasteiger partial charge on any atom is -0.492 e. The first-order valence-electron chi connectivity index (χ1n) is 11.9. The molecule has 2 fully saturated rings. The van der Waals surface area contributed by atoms with Crippen LogP contribution >= 0.6 is 0 Å².